The smallest absolute Gasteiger partial charge is 0.118 e. The molecule has 0 saturated carbocycles. The summed E-state index contributed by atoms with van der Waals surface area (Å²) in [5, 5.41) is 3.14. The Labute approximate surface area is 116 Å². The van der Waals surface area contributed by atoms with Crippen molar-refractivity contribution >= 4 is 0 Å². The summed E-state index contributed by atoms with van der Waals surface area (Å²) in [7, 11) is 4.14. The molecule has 0 spiro atoms. The molecule has 1 saturated heterocycles. The summed E-state index contributed by atoms with van der Waals surface area (Å²) in [5.41, 5.74) is 1.22. The van der Waals surface area contributed by atoms with Crippen molar-refractivity contribution in [2.24, 2.45) is 0 Å². The monoisotopic (exact) mass is 265 g/mol. The van der Waals surface area contributed by atoms with Gasteiger partial charge in [-0.2, -0.15) is 0 Å². The van der Waals surface area contributed by atoms with Gasteiger partial charge in [0.1, 0.15) is 5.76 Å². The lowest BCUT2D eigenvalue weighted by molar-refractivity contribution is 0.187. The van der Waals surface area contributed by atoms with Crippen LogP contribution < -0.4 is 5.32 Å². The van der Waals surface area contributed by atoms with Crippen LogP contribution in [0.5, 0.6) is 0 Å². The number of likely N-dealkylation sites (tertiary alicyclic amines) is 1. The molecule has 0 bridgehead atoms. The second kappa shape index (κ2) is 7.08. The lowest BCUT2D eigenvalue weighted by Crippen LogP contribution is -2.38. The minimum Gasteiger partial charge on any atom is -0.468 e. The fourth-order valence-electron chi connectivity index (χ4n) is 3.01. The minimum atomic E-state index is 0.724. The Balaban J connectivity index is 1.81. The minimum absolute atomic E-state index is 0.724. The predicted octanol–water partition coefficient (Wildman–Crippen LogP) is 1.92. The van der Waals surface area contributed by atoms with Crippen LogP contribution in [0.4, 0.5) is 0 Å². The largest absolute Gasteiger partial charge is 0.468 e. The lowest BCUT2D eigenvalue weighted by atomic mass is 10.2. The molecule has 1 unspecified atom stereocenters. The molecule has 1 N–H and O–H groups in total. The van der Waals surface area contributed by atoms with Crippen molar-refractivity contribution in [3.63, 3.8) is 0 Å². The Morgan fingerprint density at radius 1 is 1.53 bits per heavy atom. The second-order valence-electron chi connectivity index (χ2n) is 5.57. The highest BCUT2D eigenvalue weighted by atomic mass is 16.3. The van der Waals surface area contributed by atoms with Crippen LogP contribution in [0.2, 0.25) is 0 Å². The molecule has 1 aliphatic heterocycles. The van der Waals surface area contributed by atoms with E-state index in [2.05, 4.69) is 35.2 Å². The third kappa shape index (κ3) is 4.06. The molecular weight excluding hydrogens is 238 g/mol. The summed E-state index contributed by atoms with van der Waals surface area (Å²) in [4.78, 5) is 4.96. The Hall–Kier alpha value is -0.840. The first-order valence-corrected chi connectivity index (χ1v) is 7.36. The summed E-state index contributed by atoms with van der Waals surface area (Å²) >= 11 is 0. The first kappa shape index (κ1) is 14.6. The zero-order valence-electron chi connectivity index (χ0n) is 12.5. The third-order valence-corrected chi connectivity index (χ3v) is 3.94. The van der Waals surface area contributed by atoms with E-state index < -0.39 is 0 Å². The molecule has 2 rings (SSSR count). The molecule has 19 heavy (non-hydrogen) atoms. The summed E-state index contributed by atoms with van der Waals surface area (Å²) < 4.78 is 5.61. The van der Waals surface area contributed by atoms with Gasteiger partial charge in [0.15, 0.2) is 0 Å². The zero-order chi connectivity index (χ0) is 13.7. The number of hydrogen-bond donors (Lipinski definition) is 1. The van der Waals surface area contributed by atoms with Crippen LogP contribution in [0.25, 0.3) is 0 Å². The van der Waals surface area contributed by atoms with Crippen molar-refractivity contribution in [3.8, 4) is 0 Å². The maximum absolute atomic E-state index is 5.61. The number of nitrogens with one attached hydrogen (secondary N) is 1. The number of rotatable bonds is 7. The molecule has 1 aliphatic rings. The van der Waals surface area contributed by atoms with Crippen molar-refractivity contribution in [2.45, 2.75) is 38.9 Å². The second-order valence-corrected chi connectivity index (χ2v) is 5.57. The molecule has 2 heterocycles. The average molecular weight is 265 g/mol. The maximum atomic E-state index is 5.61. The third-order valence-electron chi connectivity index (χ3n) is 3.94. The van der Waals surface area contributed by atoms with Gasteiger partial charge in [0.2, 0.25) is 0 Å². The van der Waals surface area contributed by atoms with E-state index in [1.165, 1.54) is 31.5 Å². The quantitative estimate of drug-likeness (QED) is 0.816. The summed E-state index contributed by atoms with van der Waals surface area (Å²) in [5.74, 6) is 1.06. The van der Waals surface area contributed by atoms with Gasteiger partial charge in [-0.15, -0.1) is 0 Å². The summed E-state index contributed by atoms with van der Waals surface area (Å²) in [6.45, 7) is 7.61. The van der Waals surface area contributed by atoms with Crippen molar-refractivity contribution in [1.82, 2.24) is 15.1 Å². The van der Waals surface area contributed by atoms with Crippen LogP contribution in [0.1, 0.15) is 31.1 Å². The predicted molar refractivity (Wildman–Crippen MR) is 78.1 cm³/mol. The molecule has 0 amide bonds. The van der Waals surface area contributed by atoms with Gasteiger partial charge in [-0.25, -0.2) is 0 Å². The molecule has 0 radical (unpaired) electrons. The van der Waals surface area contributed by atoms with Crippen LogP contribution in [0.3, 0.4) is 0 Å². The van der Waals surface area contributed by atoms with Gasteiger partial charge < -0.3 is 9.73 Å². The molecular formula is C15H27N3O. The SMILES string of the molecule is CCN1CCCC1CN(C)Cc1cc(CNC)co1. The fourth-order valence-corrected chi connectivity index (χ4v) is 3.01. The normalized spacial score (nSPS) is 20.5. The van der Waals surface area contributed by atoms with Gasteiger partial charge in [0.05, 0.1) is 12.8 Å². The Morgan fingerprint density at radius 2 is 2.37 bits per heavy atom. The van der Waals surface area contributed by atoms with Crippen LogP contribution in [0, 0.1) is 0 Å². The topological polar surface area (TPSA) is 31.6 Å². The molecule has 1 atom stereocenters. The highest BCUT2D eigenvalue weighted by molar-refractivity contribution is 5.12. The lowest BCUT2D eigenvalue weighted by Gasteiger charge is -2.27. The van der Waals surface area contributed by atoms with Gasteiger partial charge in [-0.05, 0) is 46.1 Å². The Morgan fingerprint density at radius 3 is 3.11 bits per heavy atom. The van der Waals surface area contributed by atoms with Gasteiger partial charge in [-0.1, -0.05) is 6.92 Å². The first-order chi connectivity index (χ1) is 9.22. The molecule has 0 aromatic carbocycles. The van der Waals surface area contributed by atoms with Gasteiger partial charge in [0, 0.05) is 24.7 Å². The highest BCUT2D eigenvalue weighted by Gasteiger charge is 2.24. The summed E-state index contributed by atoms with van der Waals surface area (Å²) in [6.07, 6.45) is 4.54. The molecule has 108 valence electrons. The Bertz CT molecular complexity index is 377. The van der Waals surface area contributed by atoms with Crippen LogP contribution in [-0.2, 0) is 13.1 Å². The number of furan rings is 1. The average Bonchev–Trinajstić information content (AvgIpc) is 2.99. The zero-order valence-corrected chi connectivity index (χ0v) is 12.5. The Kier molecular flexibility index (Phi) is 5.43. The maximum Gasteiger partial charge on any atom is 0.118 e. The van der Waals surface area contributed by atoms with E-state index in [1.54, 1.807) is 0 Å². The van der Waals surface area contributed by atoms with Gasteiger partial charge in [0.25, 0.3) is 0 Å². The molecule has 0 aliphatic carbocycles. The standard InChI is InChI=1S/C15H27N3O/c1-4-18-7-5-6-14(18)10-17(3)11-15-8-13(9-16-2)12-19-15/h8,12,14,16H,4-7,9-11H2,1-3H3. The fraction of sp³-hybridized carbons (Fsp3) is 0.733. The van der Waals surface area contributed by atoms with E-state index in [4.69, 9.17) is 4.42 Å². The molecule has 4 heteroatoms. The van der Waals surface area contributed by atoms with Crippen molar-refractivity contribution < 1.29 is 4.42 Å². The number of nitrogens with zero attached hydrogens (tertiary/aromatic N) is 2. The first-order valence-electron chi connectivity index (χ1n) is 7.36. The molecule has 1 aromatic rings. The van der Waals surface area contributed by atoms with E-state index in [1.807, 2.05) is 13.3 Å². The van der Waals surface area contributed by atoms with Crippen LogP contribution in [-0.4, -0.2) is 49.6 Å². The van der Waals surface area contributed by atoms with Gasteiger partial charge in [-0.3, -0.25) is 9.80 Å². The van der Waals surface area contributed by atoms with Crippen molar-refractivity contribution in [1.29, 1.82) is 0 Å². The number of hydrogen-bond acceptors (Lipinski definition) is 4. The molecule has 1 fully saturated rings. The van der Waals surface area contributed by atoms with Crippen molar-refractivity contribution in [2.75, 3.05) is 33.7 Å². The van der Waals surface area contributed by atoms with Crippen LogP contribution >= 0.6 is 0 Å². The van der Waals surface area contributed by atoms with Gasteiger partial charge >= 0.3 is 0 Å². The molecule has 1 aromatic heterocycles. The van der Waals surface area contributed by atoms with Crippen LogP contribution in [0.15, 0.2) is 16.7 Å². The number of likely N-dealkylation sites (N-methyl/N-ethyl adjacent to an activating group) is 2. The van der Waals surface area contributed by atoms with E-state index in [0.717, 1.165) is 31.4 Å². The van der Waals surface area contributed by atoms with Crippen molar-refractivity contribution in [3.05, 3.63) is 23.7 Å². The van der Waals surface area contributed by atoms with E-state index >= 15 is 0 Å². The highest BCUT2D eigenvalue weighted by Crippen LogP contribution is 2.18. The van der Waals surface area contributed by atoms with E-state index in [0.29, 0.717) is 0 Å². The van der Waals surface area contributed by atoms with E-state index in [9.17, 15) is 0 Å². The summed E-state index contributed by atoms with van der Waals surface area (Å²) in [6, 6.07) is 2.88. The molecule has 4 nitrogen and oxygen atoms in total. The van der Waals surface area contributed by atoms with E-state index in [-0.39, 0.29) is 0 Å².